The second kappa shape index (κ2) is 6.36. The van der Waals surface area contributed by atoms with Crippen molar-refractivity contribution in [2.45, 2.75) is 34.6 Å². The maximum absolute atomic E-state index is 10.8. The van der Waals surface area contributed by atoms with E-state index in [4.69, 9.17) is 0 Å². The minimum absolute atomic E-state index is 0.125. The van der Waals surface area contributed by atoms with Gasteiger partial charge in [0.2, 0.25) is 0 Å². The molecule has 78 valence electrons. The van der Waals surface area contributed by atoms with E-state index in [9.17, 15) is 4.79 Å². The quantitative estimate of drug-likeness (QED) is 0.617. The summed E-state index contributed by atoms with van der Waals surface area (Å²) in [5.74, 6) is 0.958. The van der Waals surface area contributed by atoms with Gasteiger partial charge < -0.3 is 0 Å². The molecule has 0 bridgehead atoms. The molecule has 0 aromatic heterocycles. The van der Waals surface area contributed by atoms with E-state index in [1.165, 1.54) is 5.56 Å². The fourth-order valence-corrected chi connectivity index (χ4v) is 0.788. The molecule has 0 heterocycles. The number of hydrogen-bond donors (Lipinski definition) is 0. The zero-order chi connectivity index (χ0) is 11.1. The molecule has 0 aliphatic rings. The molecule has 0 amide bonds. The van der Waals surface area contributed by atoms with Crippen molar-refractivity contribution in [2.75, 3.05) is 0 Å². The highest BCUT2D eigenvalue weighted by Crippen LogP contribution is 2.02. The Morgan fingerprint density at radius 3 is 1.71 bits per heavy atom. The predicted molar refractivity (Wildman–Crippen MR) is 61.7 cm³/mol. The SMILES string of the molecule is CC(=O)c1ccc(C)cc1.CC(C)C. The lowest BCUT2D eigenvalue weighted by molar-refractivity contribution is 0.101. The molecule has 1 heteroatoms. The first kappa shape index (κ1) is 12.9. The maximum atomic E-state index is 10.8. The average molecular weight is 192 g/mol. The van der Waals surface area contributed by atoms with Gasteiger partial charge in [-0.2, -0.15) is 0 Å². The molecule has 14 heavy (non-hydrogen) atoms. The third-order valence-electron chi connectivity index (χ3n) is 1.46. The summed E-state index contributed by atoms with van der Waals surface area (Å²) < 4.78 is 0. The van der Waals surface area contributed by atoms with Crippen LogP contribution in [0.2, 0.25) is 0 Å². The summed E-state index contributed by atoms with van der Waals surface area (Å²) in [7, 11) is 0. The zero-order valence-corrected chi connectivity index (χ0v) is 9.79. The molecule has 0 atom stereocenters. The van der Waals surface area contributed by atoms with Crippen LogP contribution >= 0.6 is 0 Å². The largest absolute Gasteiger partial charge is 0.295 e. The van der Waals surface area contributed by atoms with Crippen LogP contribution in [0.5, 0.6) is 0 Å². The van der Waals surface area contributed by atoms with E-state index in [-0.39, 0.29) is 5.78 Å². The third-order valence-corrected chi connectivity index (χ3v) is 1.46. The number of ketones is 1. The van der Waals surface area contributed by atoms with Gasteiger partial charge in [-0.3, -0.25) is 4.79 Å². The monoisotopic (exact) mass is 192 g/mol. The highest BCUT2D eigenvalue weighted by molar-refractivity contribution is 5.93. The summed E-state index contributed by atoms with van der Waals surface area (Å²) in [6.45, 7) is 10.1. The molecule has 0 N–H and O–H groups in total. The molecule has 1 aromatic rings. The van der Waals surface area contributed by atoms with Crippen molar-refractivity contribution in [3.8, 4) is 0 Å². The lowest BCUT2D eigenvalue weighted by Crippen LogP contribution is -1.90. The minimum atomic E-state index is 0.125. The Bertz CT molecular complexity index is 267. The highest BCUT2D eigenvalue weighted by Gasteiger charge is 1.95. The number of aryl methyl sites for hydroxylation is 1. The van der Waals surface area contributed by atoms with E-state index in [0.29, 0.717) is 0 Å². The lowest BCUT2D eigenvalue weighted by atomic mass is 10.1. The van der Waals surface area contributed by atoms with E-state index in [1.54, 1.807) is 6.92 Å². The van der Waals surface area contributed by atoms with Crippen LogP contribution in [0.3, 0.4) is 0 Å². The van der Waals surface area contributed by atoms with Crippen molar-refractivity contribution in [3.63, 3.8) is 0 Å². The van der Waals surface area contributed by atoms with Crippen LogP contribution in [0, 0.1) is 12.8 Å². The van der Waals surface area contributed by atoms with Crippen LogP contribution in [0.25, 0.3) is 0 Å². The number of carbonyl (C=O) groups is 1. The fourth-order valence-electron chi connectivity index (χ4n) is 0.788. The summed E-state index contributed by atoms with van der Waals surface area (Å²) in [5.41, 5.74) is 1.97. The normalized spacial score (nSPS) is 9.29. The molecule has 1 rings (SSSR count). The second-order valence-electron chi connectivity index (χ2n) is 4.15. The topological polar surface area (TPSA) is 17.1 Å². The first-order chi connectivity index (χ1) is 6.43. The van der Waals surface area contributed by atoms with Gasteiger partial charge in [0, 0.05) is 5.56 Å². The van der Waals surface area contributed by atoms with Gasteiger partial charge in [0.15, 0.2) is 5.78 Å². The zero-order valence-electron chi connectivity index (χ0n) is 9.79. The number of Topliss-reactive ketones (excluding diaryl/α,β-unsaturated/α-hetero) is 1. The van der Waals surface area contributed by atoms with Gasteiger partial charge in [-0.1, -0.05) is 50.6 Å². The Morgan fingerprint density at radius 2 is 1.43 bits per heavy atom. The molecule has 0 spiro atoms. The van der Waals surface area contributed by atoms with Crippen LogP contribution in [0.4, 0.5) is 0 Å². The smallest absolute Gasteiger partial charge is 0.159 e. The first-order valence-electron chi connectivity index (χ1n) is 5.01. The summed E-state index contributed by atoms with van der Waals surface area (Å²) in [4.78, 5) is 10.8. The molecule has 0 unspecified atom stereocenters. The molecular weight excluding hydrogens is 172 g/mol. The minimum Gasteiger partial charge on any atom is -0.295 e. The number of carbonyl (C=O) groups excluding carboxylic acids is 1. The molecule has 0 radical (unpaired) electrons. The molecule has 1 aromatic carbocycles. The Balaban J connectivity index is 0.000000364. The van der Waals surface area contributed by atoms with E-state index in [2.05, 4.69) is 20.8 Å². The molecule has 0 aliphatic heterocycles. The Morgan fingerprint density at radius 1 is 1.07 bits per heavy atom. The van der Waals surface area contributed by atoms with Crippen LogP contribution in [-0.4, -0.2) is 5.78 Å². The highest BCUT2D eigenvalue weighted by atomic mass is 16.1. The molecule has 0 fully saturated rings. The van der Waals surface area contributed by atoms with Gasteiger partial charge in [0.05, 0.1) is 0 Å². The van der Waals surface area contributed by atoms with Gasteiger partial charge in [-0.25, -0.2) is 0 Å². The Labute approximate surface area is 87.2 Å². The standard InChI is InChI=1S/C9H10O.C4H10/c1-7-3-5-9(6-4-7)8(2)10;1-4(2)3/h3-6H,1-2H3;4H,1-3H3. The van der Waals surface area contributed by atoms with E-state index in [1.807, 2.05) is 31.2 Å². The molecule has 0 aliphatic carbocycles. The van der Waals surface area contributed by atoms with Crippen LogP contribution in [0.1, 0.15) is 43.6 Å². The van der Waals surface area contributed by atoms with Gasteiger partial charge in [0.25, 0.3) is 0 Å². The van der Waals surface area contributed by atoms with Crippen molar-refractivity contribution in [1.82, 2.24) is 0 Å². The molecule has 0 saturated heterocycles. The molecular formula is C13H20O. The average Bonchev–Trinajstić information content (AvgIpc) is 2.03. The van der Waals surface area contributed by atoms with E-state index >= 15 is 0 Å². The third kappa shape index (κ3) is 6.41. The van der Waals surface area contributed by atoms with Gasteiger partial charge >= 0.3 is 0 Å². The summed E-state index contributed by atoms with van der Waals surface area (Å²) in [5, 5.41) is 0. The van der Waals surface area contributed by atoms with Crippen molar-refractivity contribution in [3.05, 3.63) is 35.4 Å². The van der Waals surface area contributed by atoms with Crippen LogP contribution in [0.15, 0.2) is 24.3 Å². The lowest BCUT2D eigenvalue weighted by Gasteiger charge is -1.93. The van der Waals surface area contributed by atoms with Gasteiger partial charge in [-0.15, -0.1) is 0 Å². The van der Waals surface area contributed by atoms with Gasteiger partial charge in [0.1, 0.15) is 0 Å². The Hall–Kier alpha value is -1.11. The number of hydrogen-bond acceptors (Lipinski definition) is 1. The van der Waals surface area contributed by atoms with Crippen molar-refractivity contribution in [2.24, 2.45) is 5.92 Å². The molecule has 1 nitrogen and oxygen atoms in total. The first-order valence-corrected chi connectivity index (χ1v) is 5.01. The van der Waals surface area contributed by atoms with Crippen molar-refractivity contribution < 1.29 is 4.79 Å². The fraction of sp³-hybridized carbons (Fsp3) is 0.462. The number of benzene rings is 1. The van der Waals surface area contributed by atoms with Crippen LogP contribution in [-0.2, 0) is 0 Å². The summed E-state index contributed by atoms with van der Waals surface area (Å²) in [6.07, 6.45) is 0. The maximum Gasteiger partial charge on any atom is 0.159 e. The van der Waals surface area contributed by atoms with E-state index in [0.717, 1.165) is 11.5 Å². The van der Waals surface area contributed by atoms with Crippen molar-refractivity contribution >= 4 is 5.78 Å². The number of rotatable bonds is 1. The van der Waals surface area contributed by atoms with Crippen LogP contribution < -0.4 is 0 Å². The summed E-state index contributed by atoms with van der Waals surface area (Å²) >= 11 is 0. The van der Waals surface area contributed by atoms with E-state index < -0.39 is 0 Å². The second-order valence-corrected chi connectivity index (χ2v) is 4.15. The predicted octanol–water partition coefficient (Wildman–Crippen LogP) is 3.86. The molecule has 0 saturated carbocycles. The Kier molecular flexibility index (Phi) is 5.86. The van der Waals surface area contributed by atoms with Crippen molar-refractivity contribution in [1.29, 1.82) is 0 Å². The van der Waals surface area contributed by atoms with Gasteiger partial charge in [-0.05, 0) is 19.8 Å². The summed E-state index contributed by atoms with van der Waals surface area (Å²) in [6, 6.07) is 7.57.